The summed E-state index contributed by atoms with van der Waals surface area (Å²) in [7, 11) is 0. The van der Waals surface area contributed by atoms with Crippen LogP contribution >= 0.6 is 0 Å². The molecule has 1 amide bonds. The average molecular weight is 240 g/mol. The van der Waals surface area contributed by atoms with Gasteiger partial charge in [-0.15, -0.1) is 0 Å². The van der Waals surface area contributed by atoms with E-state index in [1.807, 2.05) is 4.90 Å². The van der Waals surface area contributed by atoms with Gasteiger partial charge in [-0.1, -0.05) is 0 Å². The largest absolute Gasteiger partial charge is 0.396 e. The average Bonchev–Trinajstić information content (AvgIpc) is 2.85. The van der Waals surface area contributed by atoms with Gasteiger partial charge in [0.15, 0.2) is 0 Å². The summed E-state index contributed by atoms with van der Waals surface area (Å²) in [6.45, 7) is 5.07. The summed E-state index contributed by atoms with van der Waals surface area (Å²) >= 11 is 0. The first kappa shape index (κ1) is 12.8. The number of hydrogen-bond acceptors (Lipinski definition) is 3. The fourth-order valence-corrected chi connectivity index (χ4v) is 2.82. The third-order valence-electron chi connectivity index (χ3n) is 3.98. The SMILES string of the molecule is O=C(CCN1CCC(CO)C1)N1CCCCC1. The second-order valence-corrected chi connectivity index (χ2v) is 5.33. The molecule has 2 fully saturated rings. The molecule has 0 radical (unpaired) electrons. The lowest BCUT2D eigenvalue weighted by Crippen LogP contribution is -2.37. The lowest BCUT2D eigenvalue weighted by molar-refractivity contribution is -0.132. The molecule has 1 N–H and O–H groups in total. The van der Waals surface area contributed by atoms with Crippen molar-refractivity contribution in [3.63, 3.8) is 0 Å². The number of hydrogen-bond donors (Lipinski definition) is 1. The summed E-state index contributed by atoms with van der Waals surface area (Å²) in [5.41, 5.74) is 0. The third kappa shape index (κ3) is 3.68. The van der Waals surface area contributed by atoms with Gasteiger partial charge in [0.25, 0.3) is 0 Å². The molecule has 0 spiro atoms. The van der Waals surface area contributed by atoms with Crippen LogP contribution in [0.1, 0.15) is 32.1 Å². The van der Waals surface area contributed by atoms with Crippen molar-refractivity contribution >= 4 is 5.91 Å². The molecule has 2 aliphatic rings. The first-order valence-electron chi connectivity index (χ1n) is 6.90. The van der Waals surface area contributed by atoms with Crippen LogP contribution in [0.4, 0.5) is 0 Å². The summed E-state index contributed by atoms with van der Waals surface area (Å²) in [5, 5.41) is 9.06. The molecule has 0 saturated carbocycles. The van der Waals surface area contributed by atoms with Gasteiger partial charge < -0.3 is 14.9 Å². The predicted octanol–water partition coefficient (Wildman–Crippen LogP) is 0.703. The molecule has 1 unspecified atom stereocenters. The number of carbonyl (C=O) groups excluding carboxylic acids is 1. The van der Waals surface area contributed by atoms with Crippen LogP contribution in [-0.4, -0.2) is 60.1 Å². The molecule has 4 heteroatoms. The van der Waals surface area contributed by atoms with Crippen molar-refractivity contribution < 1.29 is 9.90 Å². The first-order chi connectivity index (χ1) is 8.29. The van der Waals surface area contributed by atoms with Crippen molar-refractivity contribution in [1.29, 1.82) is 0 Å². The molecular weight excluding hydrogens is 216 g/mol. The zero-order chi connectivity index (χ0) is 12.1. The minimum Gasteiger partial charge on any atom is -0.396 e. The second-order valence-electron chi connectivity index (χ2n) is 5.33. The quantitative estimate of drug-likeness (QED) is 0.787. The van der Waals surface area contributed by atoms with Crippen LogP contribution < -0.4 is 0 Å². The molecule has 98 valence electrons. The second kappa shape index (κ2) is 6.36. The highest BCUT2D eigenvalue weighted by atomic mass is 16.3. The summed E-state index contributed by atoms with van der Waals surface area (Å²) in [6.07, 6.45) is 5.34. The van der Waals surface area contributed by atoms with Gasteiger partial charge in [-0.3, -0.25) is 4.79 Å². The van der Waals surface area contributed by atoms with E-state index in [-0.39, 0.29) is 6.61 Å². The Hall–Kier alpha value is -0.610. The minimum absolute atomic E-state index is 0.288. The van der Waals surface area contributed by atoms with Gasteiger partial charge in [-0.25, -0.2) is 0 Å². The molecule has 1 atom stereocenters. The molecule has 2 saturated heterocycles. The van der Waals surface area contributed by atoms with E-state index in [0.717, 1.165) is 39.1 Å². The van der Waals surface area contributed by atoms with E-state index in [4.69, 9.17) is 5.11 Å². The maximum Gasteiger partial charge on any atom is 0.223 e. The van der Waals surface area contributed by atoms with Crippen molar-refractivity contribution in [2.45, 2.75) is 32.1 Å². The molecular formula is C13H24N2O2. The molecule has 2 rings (SSSR count). The number of aliphatic hydroxyl groups excluding tert-OH is 1. The highest BCUT2D eigenvalue weighted by Gasteiger charge is 2.23. The van der Waals surface area contributed by atoms with Gasteiger partial charge in [0.05, 0.1) is 0 Å². The van der Waals surface area contributed by atoms with Crippen molar-refractivity contribution in [3.8, 4) is 0 Å². The van der Waals surface area contributed by atoms with Gasteiger partial charge in [-0.05, 0) is 38.1 Å². The van der Waals surface area contributed by atoms with E-state index in [2.05, 4.69) is 4.90 Å². The summed E-state index contributed by atoms with van der Waals surface area (Å²) < 4.78 is 0. The molecule has 17 heavy (non-hydrogen) atoms. The van der Waals surface area contributed by atoms with E-state index in [1.54, 1.807) is 0 Å². The highest BCUT2D eigenvalue weighted by molar-refractivity contribution is 5.76. The Balaban J connectivity index is 1.65. The topological polar surface area (TPSA) is 43.8 Å². The number of nitrogens with zero attached hydrogens (tertiary/aromatic N) is 2. The lowest BCUT2D eigenvalue weighted by atomic mass is 10.1. The number of rotatable bonds is 4. The lowest BCUT2D eigenvalue weighted by Gasteiger charge is -2.27. The Morgan fingerprint density at radius 2 is 1.94 bits per heavy atom. The van der Waals surface area contributed by atoms with Gasteiger partial charge in [-0.2, -0.15) is 0 Å². The zero-order valence-corrected chi connectivity index (χ0v) is 10.6. The van der Waals surface area contributed by atoms with Crippen LogP contribution in [0, 0.1) is 5.92 Å². The van der Waals surface area contributed by atoms with Crippen LogP contribution in [0.15, 0.2) is 0 Å². The Labute approximate surface area is 104 Å². The maximum absolute atomic E-state index is 12.0. The molecule has 0 bridgehead atoms. The highest BCUT2D eigenvalue weighted by Crippen LogP contribution is 2.16. The van der Waals surface area contributed by atoms with Crippen molar-refractivity contribution in [3.05, 3.63) is 0 Å². The maximum atomic E-state index is 12.0. The molecule has 2 aliphatic heterocycles. The van der Waals surface area contributed by atoms with Gasteiger partial charge in [0.1, 0.15) is 0 Å². The standard InChI is InChI=1S/C13H24N2O2/c16-11-12-4-8-14(10-12)9-5-13(17)15-6-2-1-3-7-15/h12,16H,1-11H2. The summed E-state index contributed by atoms with van der Waals surface area (Å²) in [5.74, 6) is 0.747. The van der Waals surface area contributed by atoms with E-state index < -0.39 is 0 Å². The van der Waals surface area contributed by atoms with Gasteiger partial charge in [0.2, 0.25) is 5.91 Å². The van der Waals surface area contributed by atoms with Crippen LogP contribution in [0.3, 0.4) is 0 Å². The molecule has 2 heterocycles. The van der Waals surface area contributed by atoms with Crippen LogP contribution in [0.25, 0.3) is 0 Å². The van der Waals surface area contributed by atoms with E-state index in [9.17, 15) is 4.79 Å². The Bertz CT molecular complexity index is 252. The van der Waals surface area contributed by atoms with Crippen LogP contribution in [-0.2, 0) is 4.79 Å². The summed E-state index contributed by atoms with van der Waals surface area (Å²) in [4.78, 5) is 16.3. The van der Waals surface area contributed by atoms with Crippen molar-refractivity contribution in [2.75, 3.05) is 39.3 Å². The fourth-order valence-electron chi connectivity index (χ4n) is 2.82. The number of piperidine rings is 1. The van der Waals surface area contributed by atoms with Crippen molar-refractivity contribution in [1.82, 2.24) is 9.80 Å². The smallest absolute Gasteiger partial charge is 0.223 e. The molecule has 0 aromatic rings. The zero-order valence-electron chi connectivity index (χ0n) is 10.6. The van der Waals surface area contributed by atoms with E-state index in [1.165, 1.54) is 19.3 Å². The van der Waals surface area contributed by atoms with Gasteiger partial charge >= 0.3 is 0 Å². The third-order valence-corrected chi connectivity index (χ3v) is 3.98. The first-order valence-corrected chi connectivity index (χ1v) is 6.90. The predicted molar refractivity (Wildman–Crippen MR) is 66.7 cm³/mol. The monoisotopic (exact) mass is 240 g/mol. The molecule has 0 aromatic heterocycles. The van der Waals surface area contributed by atoms with Gasteiger partial charge in [0, 0.05) is 39.2 Å². The molecule has 0 aliphatic carbocycles. The molecule has 0 aromatic carbocycles. The molecule has 4 nitrogen and oxygen atoms in total. The number of amides is 1. The van der Waals surface area contributed by atoms with E-state index in [0.29, 0.717) is 18.2 Å². The normalized spacial score (nSPS) is 26.4. The van der Waals surface area contributed by atoms with Crippen LogP contribution in [0.2, 0.25) is 0 Å². The Morgan fingerprint density at radius 3 is 2.59 bits per heavy atom. The van der Waals surface area contributed by atoms with Crippen LogP contribution in [0.5, 0.6) is 0 Å². The minimum atomic E-state index is 0.288. The number of likely N-dealkylation sites (tertiary alicyclic amines) is 2. The van der Waals surface area contributed by atoms with E-state index >= 15 is 0 Å². The fraction of sp³-hybridized carbons (Fsp3) is 0.923. The summed E-state index contributed by atoms with van der Waals surface area (Å²) in [6, 6.07) is 0. The number of aliphatic hydroxyl groups is 1. The Kier molecular flexibility index (Phi) is 4.80. The van der Waals surface area contributed by atoms with Crippen molar-refractivity contribution in [2.24, 2.45) is 5.92 Å². The Morgan fingerprint density at radius 1 is 1.18 bits per heavy atom. The number of carbonyl (C=O) groups is 1.